The number of aryl methyl sites for hydroxylation is 1. The number of nitrogens with zero attached hydrogens (tertiary/aromatic N) is 2. The Kier molecular flexibility index (Phi) is 4.96. The van der Waals surface area contributed by atoms with E-state index in [1.807, 2.05) is 18.2 Å². The molecule has 4 nitrogen and oxygen atoms in total. The first-order valence-corrected chi connectivity index (χ1v) is 7.60. The molecule has 0 saturated heterocycles. The first-order chi connectivity index (χ1) is 11.3. The molecular weight excluding hydrogens is 286 g/mol. The Hall–Kier alpha value is -2.72. The third-order valence-corrected chi connectivity index (χ3v) is 3.43. The minimum absolute atomic E-state index is 0.359. The van der Waals surface area contributed by atoms with Crippen LogP contribution in [0, 0.1) is 6.92 Å². The van der Waals surface area contributed by atoms with Crippen LogP contribution in [0.2, 0.25) is 0 Å². The van der Waals surface area contributed by atoms with Crippen LogP contribution in [0.15, 0.2) is 67.0 Å². The lowest BCUT2D eigenvalue weighted by molar-refractivity contribution is 0.441. The van der Waals surface area contributed by atoms with Crippen molar-refractivity contribution in [2.45, 2.75) is 20.0 Å². The van der Waals surface area contributed by atoms with Crippen LogP contribution >= 0.6 is 0 Å². The van der Waals surface area contributed by atoms with Gasteiger partial charge in [-0.1, -0.05) is 42.0 Å². The molecule has 2 aromatic carbocycles. The molecule has 0 atom stereocenters. The Morgan fingerprint density at radius 1 is 0.870 bits per heavy atom. The van der Waals surface area contributed by atoms with Gasteiger partial charge in [0.15, 0.2) is 0 Å². The molecule has 1 aromatic heterocycles. The van der Waals surface area contributed by atoms with Crippen LogP contribution in [0.5, 0.6) is 11.8 Å². The summed E-state index contributed by atoms with van der Waals surface area (Å²) in [6.45, 7) is 3.72. The molecule has 0 aliphatic heterocycles. The zero-order valence-electron chi connectivity index (χ0n) is 13.1. The van der Waals surface area contributed by atoms with Gasteiger partial charge in [0.25, 0.3) is 0 Å². The Labute approximate surface area is 136 Å². The second-order valence-corrected chi connectivity index (χ2v) is 5.37. The minimum atomic E-state index is 0.359. The summed E-state index contributed by atoms with van der Waals surface area (Å²) in [6.07, 6.45) is 3.32. The maximum Gasteiger partial charge on any atom is 0.321 e. The number of rotatable bonds is 6. The first-order valence-electron chi connectivity index (χ1n) is 7.60. The molecular formula is C19H19N3O. The molecule has 23 heavy (non-hydrogen) atoms. The van der Waals surface area contributed by atoms with Crippen molar-refractivity contribution in [3.63, 3.8) is 0 Å². The maximum atomic E-state index is 5.65. The number of hydrogen-bond acceptors (Lipinski definition) is 4. The van der Waals surface area contributed by atoms with E-state index >= 15 is 0 Å². The molecule has 0 saturated carbocycles. The number of nitrogens with one attached hydrogen (secondary N) is 1. The fourth-order valence-electron chi connectivity index (χ4n) is 2.22. The highest BCUT2D eigenvalue weighted by molar-refractivity contribution is 5.30. The van der Waals surface area contributed by atoms with Gasteiger partial charge < -0.3 is 10.1 Å². The first kappa shape index (κ1) is 15.2. The van der Waals surface area contributed by atoms with Crippen LogP contribution in [0.25, 0.3) is 0 Å². The minimum Gasteiger partial charge on any atom is -0.424 e. The second-order valence-electron chi connectivity index (χ2n) is 5.37. The van der Waals surface area contributed by atoms with Crippen LogP contribution in [0.1, 0.15) is 16.7 Å². The van der Waals surface area contributed by atoms with E-state index in [0.29, 0.717) is 6.01 Å². The predicted octanol–water partition coefficient (Wildman–Crippen LogP) is 3.87. The Morgan fingerprint density at radius 3 is 2.39 bits per heavy atom. The van der Waals surface area contributed by atoms with Crippen molar-refractivity contribution in [1.82, 2.24) is 15.3 Å². The number of benzene rings is 2. The van der Waals surface area contributed by atoms with Crippen LogP contribution in [-0.4, -0.2) is 9.97 Å². The fraction of sp³-hybridized carbons (Fsp3) is 0.158. The van der Waals surface area contributed by atoms with Gasteiger partial charge in [0.2, 0.25) is 0 Å². The van der Waals surface area contributed by atoms with Gasteiger partial charge in [-0.15, -0.1) is 0 Å². The molecule has 0 bridgehead atoms. The smallest absolute Gasteiger partial charge is 0.321 e. The molecule has 0 amide bonds. The van der Waals surface area contributed by atoms with Gasteiger partial charge in [0, 0.05) is 25.5 Å². The van der Waals surface area contributed by atoms with E-state index in [1.54, 1.807) is 18.5 Å². The van der Waals surface area contributed by atoms with E-state index in [0.717, 1.165) is 24.4 Å². The predicted molar refractivity (Wildman–Crippen MR) is 90.3 cm³/mol. The summed E-state index contributed by atoms with van der Waals surface area (Å²) in [7, 11) is 0. The molecule has 3 aromatic rings. The molecule has 0 aliphatic rings. The molecule has 0 aliphatic carbocycles. The van der Waals surface area contributed by atoms with Crippen LogP contribution < -0.4 is 10.1 Å². The Morgan fingerprint density at radius 2 is 1.61 bits per heavy atom. The van der Waals surface area contributed by atoms with Gasteiger partial charge in [-0.2, -0.15) is 0 Å². The van der Waals surface area contributed by atoms with Crippen LogP contribution in [0.4, 0.5) is 0 Å². The fourth-order valence-corrected chi connectivity index (χ4v) is 2.22. The van der Waals surface area contributed by atoms with Gasteiger partial charge in [-0.25, -0.2) is 9.97 Å². The molecule has 0 radical (unpaired) electrons. The lowest BCUT2D eigenvalue weighted by atomic mass is 10.1. The third kappa shape index (κ3) is 4.63. The van der Waals surface area contributed by atoms with E-state index in [-0.39, 0.29) is 0 Å². The summed E-state index contributed by atoms with van der Waals surface area (Å²) in [5, 5.41) is 3.44. The summed E-state index contributed by atoms with van der Waals surface area (Å²) in [6, 6.07) is 18.6. The highest BCUT2D eigenvalue weighted by atomic mass is 16.5. The van der Waals surface area contributed by atoms with Crippen molar-refractivity contribution in [2.75, 3.05) is 0 Å². The van der Waals surface area contributed by atoms with Gasteiger partial charge in [-0.3, -0.25) is 0 Å². The SMILES string of the molecule is Cc1ccc(CNCc2cccc(Oc3ncccn3)c2)cc1. The van der Waals surface area contributed by atoms with E-state index in [1.165, 1.54) is 11.1 Å². The monoisotopic (exact) mass is 305 g/mol. The molecule has 1 N–H and O–H groups in total. The highest BCUT2D eigenvalue weighted by Crippen LogP contribution is 2.18. The third-order valence-electron chi connectivity index (χ3n) is 3.43. The molecule has 0 unspecified atom stereocenters. The van der Waals surface area contributed by atoms with E-state index in [4.69, 9.17) is 4.74 Å². The van der Waals surface area contributed by atoms with E-state index in [9.17, 15) is 0 Å². The van der Waals surface area contributed by atoms with Gasteiger partial charge in [0.05, 0.1) is 0 Å². The Bertz CT molecular complexity index is 742. The van der Waals surface area contributed by atoms with Crippen molar-refractivity contribution in [3.8, 4) is 11.8 Å². The van der Waals surface area contributed by atoms with Crippen molar-refractivity contribution < 1.29 is 4.74 Å². The highest BCUT2D eigenvalue weighted by Gasteiger charge is 2.01. The molecule has 3 rings (SSSR count). The average molecular weight is 305 g/mol. The van der Waals surface area contributed by atoms with Gasteiger partial charge >= 0.3 is 6.01 Å². The summed E-state index contributed by atoms with van der Waals surface area (Å²) in [5.41, 5.74) is 3.72. The molecule has 0 spiro atoms. The second kappa shape index (κ2) is 7.51. The quantitative estimate of drug-likeness (QED) is 0.751. The average Bonchev–Trinajstić information content (AvgIpc) is 2.58. The number of hydrogen-bond donors (Lipinski definition) is 1. The summed E-state index contributed by atoms with van der Waals surface area (Å²) >= 11 is 0. The normalized spacial score (nSPS) is 10.5. The van der Waals surface area contributed by atoms with Gasteiger partial charge in [0.1, 0.15) is 5.75 Å². The summed E-state index contributed by atoms with van der Waals surface area (Å²) < 4.78 is 5.65. The van der Waals surface area contributed by atoms with Crippen molar-refractivity contribution in [1.29, 1.82) is 0 Å². The van der Waals surface area contributed by atoms with E-state index in [2.05, 4.69) is 52.5 Å². The molecule has 0 fully saturated rings. The van der Waals surface area contributed by atoms with Crippen molar-refractivity contribution in [2.24, 2.45) is 0 Å². The molecule has 116 valence electrons. The molecule has 4 heteroatoms. The number of ether oxygens (including phenoxy) is 1. The standard InChI is InChI=1S/C19H19N3O/c1-15-6-8-16(9-7-15)13-20-14-17-4-2-5-18(12-17)23-19-21-10-3-11-22-19/h2-12,20H,13-14H2,1H3. The summed E-state index contributed by atoms with van der Waals surface area (Å²) in [4.78, 5) is 8.13. The van der Waals surface area contributed by atoms with Crippen LogP contribution in [0.3, 0.4) is 0 Å². The zero-order valence-corrected chi connectivity index (χ0v) is 13.1. The van der Waals surface area contributed by atoms with Crippen LogP contribution in [-0.2, 0) is 13.1 Å². The topological polar surface area (TPSA) is 47.0 Å². The van der Waals surface area contributed by atoms with E-state index < -0.39 is 0 Å². The largest absolute Gasteiger partial charge is 0.424 e. The maximum absolute atomic E-state index is 5.65. The lowest BCUT2D eigenvalue weighted by Gasteiger charge is -2.08. The van der Waals surface area contributed by atoms with Crippen molar-refractivity contribution >= 4 is 0 Å². The van der Waals surface area contributed by atoms with Crippen molar-refractivity contribution in [3.05, 3.63) is 83.7 Å². The lowest BCUT2D eigenvalue weighted by Crippen LogP contribution is -2.12. The zero-order chi connectivity index (χ0) is 15.9. The summed E-state index contributed by atoms with van der Waals surface area (Å²) in [5.74, 6) is 0.742. The Balaban J connectivity index is 1.56. The number of aromatic nitrogens is 2. The van der Waals surface area contributed by atoms with Gasteiger partial charge in [-0.05, 0) is 36.2 Å². The molecule has 1 heterocycles.